The Labute approximate surface area is 149 Å². The number of halogens is 1. The fourth-order valence-corrected chi connectivity index (χ4v) is 2.24. The van der Waals surface area contributed by atoms with Crippen molar-refractivity contribution in [2.24, 2.45) is 0 Å². The van der Waals surface area contributed by atoms with Gasteiger partial charge in [0.2, 0.25) is 17.6 Å². The van der Waals surface area contributed by atoms with Crippen LogP contribution in [-0.4, -0.2) is 35.1 Å². The summed E-state index contributed by atoms with van der Waals surface area (Å²) < 4.78 is 18.1. The number of carbonyl (C=O) groups is 1. The number of rotatable bonds is 6. The summed E-state index contributed by atoms with van der Waals surface area (Å²) in [6.45, 7) is 0. The number of aryl methyl sites for hydroxylation is 1. The van der Waals surface area contributed by atoms with E-state index in [1.807, 2.05) is 25.1 Å². The highest BCUT2D eigenvalue weighted by atomic mass is 19.1. The average Bonchev–Trinajstić information content (AvgIpc) is 3.10. The number of hydrogen-bond acceptors (Lipinski definition) is 6. The van der Waals surface area contributed by atoms with E-state index in [1.165, 1.54) is 12.1 Å². The Morgan fingerprint density at radius 3 is 2.62 bits per heavy atom. The van der Waals surface area contributed by atoms with Crippen molar-refractivity contribution in [3.8, 4) is 11.4 Å². The molecule has 2 heterocycles. The average molecular weight is 355 g/mol. The lowest BCUT2D eigenvalue weighted by Crippen LogP contribution is -2.14. The SMILES string of the molecule is CN(C)c1ccc(NC(=O)CCc2nc(-c3ccc(F)cc3)no2)cn1. The van der Waals surface area contributed by atoms with Crippen LogP contribution in [0.4, 0.5) is 15.9 Å². The molecule has 8 heteroatoms. The number of hydrogen-bond donors (Lipinski definition) is 1. The Morgan fingerprint density at radius 2 is 1.96 bits per heavy atom. The van der Waals surface area contributed by atoms with Crippen molar-refractivity contribution in [3.05, 3.63) is 54.3 Å². The highest BCUT2D eigenvalue weighted by molar-refractivity contribution is 5.90. The van der Waals surface area contributed by atoms with E-state index in [2.05, 4.69) is 20.4 Å². The molecule has 0 aliphatic heterocycles. The van der Waals surface area contributed by atoms with E-state index in [-0.39, 0.29) is 18.1 Å². The number of anilines is 2. The van der Waals surface area contributed by atoms with Crippen LogP contribution in [0.5, 0.6) is 0 Å². The maximum absolute atomic E-state index is 12.9. The monoisotopic (exact) mass is 355 g/mol. The number of nitrogens with zero attached hydrogens (tertiary/aromatic N) is 4. The quantitative estimate of drug-likeness (QED) is 0.732. The van der Waals surface area contributed by atoms with Crippen molar-refractivity contribution in [1.82, 2.24) is 15.1 Å². The zero-order valence-electron chi connectivity index (χ0n) is 14.4. The van der Waals surface area contributed by atoms with Crippen molar-refractivity contribution in [2.75, 3.05) is 24.3 Å². The van der Waals surface area contributed by atoms with Crippen molar-refractivity contribution in [3.63, 3.8) is 0 Å². The third-order valence-electron chi connectivity index (χ3n) is 3.63. The Balaban J connectivity index is 1.54. The first-order valence-corrected chi connectivity index (χ1v) is 8.03. The Kier molecular flexibility index (Phi) is 5.21. The second-order valence-corrected chi connectivity index (χ2v) is 5.87. The van der Waals surface area contributed by atoms with E-state index in [9.17, 15) is 9.18 Å². The number of benzene rings is 1. The standard InChI is InChI=1S/C18H18FN5O2/c1-24(2)15-8-7-14(11-20-15)21-16(25)9-10-17-22-18(23-26-17)12-3-5-13(19)6-4-12/h3-8,11H,9-10H2,1-2H3,(H,21,25). The molecule has 0 fully saturated rings. The van der Waals surface area contributed by atoms with Gasteiger partial charge in [-0.15, -0.1) is 0 Å². The van der Waals surface area contributed by atoms with Gasteiger partial charge in [0.1, 0.15) is 11.6 Å². The Bertz CT molecular complexity index is 875. The number of nitrogens with one attached hydrogen (secondary N) is 1. The summed E-state index contributed by atoms with van der Waals surface area (Å²) in [4.78, 5) is 22.4. The molecule has 1 aromatic carbocycles. The van der Waals surface area contributed by atoms with Crippen LogP contribution in [0.1, 0.15) is 12.3 Å². The third kappa shape index (κ3) is 4.41. The van der Waals surface area contributed by atoms with E-state index in [1.54, 1.807) is 24.4 Å². The van der Waals surface area contributed by atoms with Crippen LogP contribution in [0.2, 0.25) is 0 Å². The fourth-order valence-electron chi connectivity index (χ4n) is 2.24. The van der Waals surface area contributed by atoms with Crippen LogP contribution in [0.25, 0.3) is 11.4 Å². The smallest absolute Gasteiger partial charge is 0.227 e. The molecule has 134 valence electrons. The molecule has 0 saturated carbocycles. The third-order valence-corrected chi connectivity index (χ3v) is 3.63. The van der Waals surface area contributed by atoms with E-state index >= 15 is 0 Å². The lowest BCUT2D eigenvalue weighted by atomic mass is 10.2. The molecule has 26 heavy (non-hydrogen) atoms. The molecule has 0 saturated heterocycles. The van der Waals surface area contributed by atoms with E-state index < -0.39 is 0 Å². The molecule has 3 aromatic rings. The highest BCUT2D eigenvalue weighted by Crippen LogP contribution is 2.17. The summed E-state index contributed by atoms with van der Waals surface area (Å²) in [7, 11) is 3.79. The van der Waals surface area contributed by atoms with Gasteiger partial charge in [-0.2, -0.15) is 4.98 Å². The van der Waals surface area contributed by atoms with Crippen LogP contribution < -0.4 is 10.2 Å². The van der Waals surface area contributed by atoms with E-state index in [0.717, 1.165) is 5.82 Å². The van der Waals surface area contributed by atoms with Gasteiger partial charge >= 0.3 is 0 Å². The molecule has 0 unspecified atom stereocenters. The summed E-state index contributed by atoms with van der Waals surface area (Å²) in [5.41, 5.74) is 1.27. The summed E-state index contributed by atoms with van der Waals surface area (Å²) in [5.74, 6) is 1.01. The van der Waals surface area contributed by atoms with Gasteiger partial charge in [-0.3, -0.25) is 4.79 Å². The second kappa shape index (κ2) is 7.73. The maximum atomic E-state index is 12.9. The van der Waals surface area contributed by atoms with Crippen LogP contribution in [0, 0.1) is 5.82 Å². The molecule has 0 bridgehead atoms. The summed E-state index contributed by atoms with van der Waals surface area (Å²) in [6, 6.07) is 9.41. The minimum atomic E-state index is -0.331. The Morgan fingerprint density at radius 1 is 1.19 bits per heavy atom. The van der Waals surface area contributed by atoms with Crippen LogP contribution in [0.15, 0.2) is 47.1 Å². The lowest BCUT2D eigenvalue weighted by molar-refractivity contribution is -0.116. The number of aromatic nitrogens is 3. The number of pyridine rings is 1. The van der Waals surface area contributed by atoms with Gasteiger partial charge < -0.3 is 14.7 Å². The molecule has 0 spiro atoms. The summed E-state index contributed by atoms with van der Waals surface area (Å²) in [5, 5.41) is 6.62. The predicted molar refractivity (Wildman–Crippen MR) is 95.2 cm³/mol. The summed E-state index contributed by atoms with van der Waals surface area (Å²) >= 11 is 0. The molecule has 1 amide bonds. The number of amides is 1. The van der Waals surface area contributed by atoms with Gasteiger partial charge in [-0.25, -0.2) is 9.37 Å². The minimum absolute atomic E-state index is 0.175. The van der Waals surface area contributed by atoms with Gasteiger partial charge in [-0.1, -0.05) is 5.16 Å². The molecule has 0 atom stereocenters. The fraction of sp³-hybridized carbons (Fsp3) is 0.222. The predicted octanol–water partition coefficient (Wildman–Crippen LogP) is 2.91. The normalized spacial score (nSPS) is 10.6. The first-order chi connectivity index (χ1) is 12.5. The van der Waals surface area contributed by atoms with Crippen LogP contribution >= 0.6 is 0 Å². The zero-order chi connectivity index (χ0) is 18.5. The van der Waals surface area contributed by atoms with Gasteiger partial charge in [0.15, 0.2) is 0 Å². The zero-order valence-corrected chi connectivity index (χ0v) is 14.4. The Hall–Kier alpha value is -3.29. The summed E-state index contributed by atoms with van der Waals surface area (Å²) in [6.07, 6.45) is 2.11. The highest BCUT2D eigenvalue weighted by Gasteiger charge is 2.11. The molecule has 7 nitrogen and oxygen atoms in total. The van der Waals surface area contributed by atoms with E-state index in [0.29, 0.717) is 29.4 Å². The van der Waals surface area contributed by atoms with Gasteiger partial charge in [-0.05, 0) is 36.4 Å². The topological polar surface area (TPSA) is 84.2 Å². The molecule has 3 rings (SSSR count). The van der Waals surface area contributed by atoms with E-state index in [4.69, 9.17) is 4.52 Å². The molecule has 1 N–H and O–H groups in total. The largest absolute Gasteiger partial charge is 0.363 e. The van der Waals surface area contributed by atoms with Gasteiger partial charge in [0, 0.05) is 32.5 Å². The molecule has 0 aliphatic carbocycles. The second-order valence-electron chi connectivity index (χ2n) is 5.87. The molecular weight excluding hydrogens is 337 g/mol. The maximum Gasteiger partial charge on any atom is 0.227 e. The van der Waals surface area contributed by atoms with Gasteiger partial charge in [0.05, 0.1) is 11.9 Å². The number of carbonyl (C=O) groups excluding carboxylic acids is 1. The van der Waals surface area contributed by atoms with Crippen LogP contribution in [-0.2, 0) is 11.2 Å². The van der Waals surface area contributed by atoms with Gasteiger partial charge in [0.25, 0.3) is 0 Å². The van der Waals surface area contributed by atoms with Crippen LogP contribution in [0.3, 0.4) is 0 Å². The minimum Gasteiger partial charge on any atom is -0.363 e. The molecule has 2 aromatic heterocycles. The first kappa shape index (κ1) is 17.5. The molecule has 0 aliphatic rings. The van der Waals surface area contributed by atoms with Crippen molar-refractivity contribution in [1.29, 1.82) is 0 Å². The van der Waals surface area contributed by atoms with Crippen molar-refractivity contribution in [2.45, 2.75) is 12.8 Å². The molecule has 0 radical (unpaired) electrons. The molecular formula is C18H18FN5O2. The van der Waals surface area contributed by atoms with Crippen molar-refractivity contribution < 1.29 is 13.7 Å². The van der Waals surface area contributed by atoms with Crippen molar-refractivity contribution >= 4 is 17.4 Å². The first-order valence-electron chi connectivity index (χ1n) is 8.03. The lowest BCUT2D eigenvalue weighted by Gasteiger charge is -2.11.